The second kappa shape index (κ2) is 39.1. The van der Waals surface area contributed by atoms with Crippen LogP contribution in [0.2, 0.25) is 0 Å². The molecule has 0 aliphatic carbocycles. The highest BCUT2D eigenvalue weighted by molar-refractivity contribution is 5.70. The lowest BCUT2D eigenvalue weighted by Gasteiger charge is -2.25. The maximum atomic E-state index is 12.6. The fourth-order valence-corrected chi connectivity index (χ4v) is 8.03. The van der Waals surface area contributed by atoms with Gasteiger partial charge in [-0.1, -0.05) is 175 Å². The molecule has 1 aromatic heterocycles. The zero-order valence-electron chi connectivity index (χ0n) is 37.4. The summed E-state index contributed by atoms with van der Waals surface area (Å²) in [5.74, 6) is -0.573. The number of aliphatic carboxylic acids is 1. The highest BCUT2D eigenvalue weighted by Crippen LogP contribution is 2.30. The Hall–Kier alpha value is -2.42. The maximum Gasteiger partial charge on any atom is 0.419 e. The summed E-state index contributed by atoms with van der Waals surface area (Å²) in [4.78, 5) is 43.4. The van der Waals surface area contributed by atoms with Crippen molar-refractivity contribution in [3.05, 3.63) is 18.7 Å². The lowest BCUT2D eigenvalue weighted by Crippen LogP contribution is -2.31. The minimum atomic E-state index is -0.591. The van der Waals surface area contributed by atoms with Crippen LogP contribution in [0.3, 0.4) is 0 Å². The Morgan fingerprint density at radius 1 is 0.561 bits per heavy atom. The average Bonchev–Trinajstić information content (AvgIpc) is 3.75. The Morgan fingerprint density at radius 3 is 1.54 bits per heavy atom. The summed E-state index contributed by atoms with van der Waals surface area (Å²) >= 11 is 0. The maximum absolute atomic E-state index is 12.6. The molecule has 9 heteroatoms. The predicted octanol–water partition coefficient (Wildman–Crippen LogP) is 13.6. The van der Waals surface area contributed by atoms with Gasteiger partial charge < -0.3 is 14.6 Å². The van der Waals surface area contributed by atoms with E-state index in [9.17, 15) is 19.5 Å². The van der Waals surface area contributed by atoms with Gasteiger partial charge in [-0.15, -0.1) is 0 Å². The van der Waals surface area contributed by atoms with Crippen LogP contribution in [0.25, 0.3) is 0 Å². The standard InChI is InChI=1S/C48H89N3O6/c1-4-7-10-13-16-24-31-41-56-46(52)35-28-20-17-22-29-37-50(40-42-57-48(55)51-39-36-49-43-51)38-30-23-21-27-34-45(47(53)54)44(32-25-18-14-11-8-5-2)33-26-19-15-12-9-6-3/h36,39,43-45H,4-35,37-38,40-42H2,1-3H3,(H,53,54). The van der Waals surface area contributed by atoms with E-state index in [0.717, 1.165) is 116 Å². The van der Waals surface area contributed by atoms with Crippen LogP contribution in [0.5, 0.6) is 0 Å². The first-order valence-corrected chi connectivity index (χ1v) is 24.2. The molecule has 9 nitrogen and oxygen atoms in total. The second-order valence-corrected chi connectivity index (χ2v) is 16.8. The molecule has 0 bridgehead atoms. The summed E-state index contributed by atoms with van der Waals surface area (Å²) in [5, 5.41) is 10.3. The van der Waals surface area contributed by atoms with E-state index < -0.39 is 12.1 Å². The molecule has 0 aromatic carbocycles. The summed E-state index contributed by atoms with van der Waals surface area (Å²) in [6.45, 7) is 10.2. The number of imidazole rings is 1. The van der Waals surface area contributed by atoms with Gasteiger partial charge in [0.25, 0.3) is 0 Å². The van der Waals surface area contributed by atoms with E-state index in [1.54, 1.807) is 12.4 Å². The number of hydrogen-bond acceptors (Lipinski definition) is 7. The van der Waals surface area contributed by atoms with Crippen LogP contribution in [-0.2, 0) is 19.1 Å². The molecule has 0 aliphatic rings. The number of ether oxygens (including phenoxy) is 2. The molecule has 0 aliphatic heterocycles. The van der Waals surface area contributed by atoms with E-state index in [4.69, 9.17) is 9.47 Å². The molecule has 332 valence electrons. The van der Waals surface area contributed by atoms with Crippen LogP contribution in [0.1, 0.15) is 226 Å². The van der Waals surface area contributed by atoms with Crippen LogP contribution < -0.4 is 0 Å². The summed E-state index contributed by atoms with van der Waals surface area (Å²) in [7, 11) is 0. The zero-order chi connectivity index (χ0) is 41.4. The van der Waals surface area contributed by atoms with Crippen LogP contribution in [0.15, 0.2) is 18.7 Å². The van der Waals surface area contributed by atoms with Crippen LogP contribution in [0.4, 0.5) is 4.79 Å². The highest BCUT2D eigenvalue weighted by atomic mass is 16.5. The number of carboxylic acids is 1. The van der Waals surface area contributed by atoms with Crippen molar-refractivity contribution in [1.29, 1.82) is 0 Å². The van der Waals surface area contributed by atoms with Gasteiger partial charge >= 0.3 is 18.0 Å². The third-order valence-electron chi connectivity index (χ3n) is 11.7. The average molecular weight is 804 g/mol. The molecule has 0 radical (unpaired) electrons. The molecule has 1 rings (SSSR count). The molecule has 1 atom stereocenters. The van der Waals surface area contributed by atoms with E-state index in [1.807, 2.05) is 0 Å². The molecule has 1 N–H and O–H groups in total. The molecular formula is C48H89N3O6. The topological polar surface area (TPSA) is 111 Å². The Kier molecular flexibility index (Phi) is 36.0. The van der Waals surface area contributed by atoms with Gasteiger partial charge in [-0.2, -0.15) is 0 Å². The van der Waals surface area contributed by atoms with Gasteiger partial charge in [0.1, 0.15) is 12.9 Å². The van der Waals surface area contributed by atoms with Crippen molar-refractivity contribution in [1.82, 2.24) is 14.5 Å². The monoisotopic (exact) mass is 804 g/mol. The smallest absolute Gasteiger partial charge is 0.419 e. The second-order valence-electron chi connectivity index (χ2n) is 16.8. The van der Waals surface area contributed by atoms with Crippen molar-refractivity contribution in [2.45, 2.75) is 226 Å². The molecular weight excluding hydrogens is 715 g/mol. The molecule has 1 aromatic rings. The third kappa shape index (κ3) is 31.2. The van der Waals surface area contributed by atoms with E-state index in [1.165, 1.54) is 107 Å². The molecule has 1 heterocycles. The van der Waals surface area contributed by atoms with Crippen molar-refractivity contribution in [3.63, 3.8) is 0 Å². The highest BCUT2D eigenvalue weighted by Gasteiger charge is 2.27. The van der Waals surface area contributed by atoms with Gasteiger partial charge in [0.2, 0.25) is 0 Å². The van der Waals surface area contributed by atoms with E-state index in [-0.39, 0.29) is 11.9 Å². The van der Waals surface area contributed by atoms with Crippen LogP contribution >= 0.6 is 0 Å². The Labute approximate surface area is 350 Å². The minimum Gasteiger partial charge on any atom is -0.481 e. The normalized spacial score (nSPS) is 12.1. The van der Waals surface area contributed by atoms with Gasteiger partial charge in [0.15, 0.2) is 0 Å². The first-order valence-electron chi connectivity index (χ1n) is 24.2. The first-order chi connectivity index (χ1) is 27.9. The largest absolute Gasteiger partial charge is 0.481 e. The lowest BCUT2D eigenvalue weighted by molar-refractivity contribution is -0.145. The van der Waals surface area contributed by atoms with Crippen LogP contribution in [0, 0.1) is 11.8 Å². The number of carboxylic acid groups (broad SMARTS) is 1. The summed E-state index contributed by atoms with van der Waals surface area (Å²) in [5.41, 5.74) is 0. The summed E-state index contributed by atoms with van der Waals surface area (Å²) in [6, 6.07) is 0. The SMILES string of the molecule is CCCCCCCCCOC(=O)CCCCCCCN(CCCCCCC(C(=O)O)C(CCCCCCCC)CCCCCCCC)CCOC(=O)n1ccnc1. The summed E-state index contributed by atoms with van der Waals surface area (Å²) in [6.07, 6.45) is 40.5. The van der Waals surface area contributed by atoms with Crippen molar-refractivity contribution in [3.8, 4) is 0 Å². The molecule has 0 spiro atoms. The lowest BCUT2D eigenvalue weighted by atomic mass is 9.80. The quantitative estimate of drug-likeness (QED) is 0.0514. The van der Waals surface area contributed by atoms with Crippen molar-refractivity contribution in [2.75, 3.05) is 32.8 Å². The van der Waals surface area contributed by atoms with Crippen molar-refractivity contribution < 1.29 is 29.0 Å². The Balaban J connectivity index is 2.45. The zero-order valence-corrected chi connectivity index (χ0v) is 37.4. The number of carbonyl (C=O) groups is 3. The Bertz CT molecular complexity index is 1030. The number of hydrogen-bond donors (Lipinski definition) is 1. The molecule has 0 fully saturated rings. The first kappa shape index (κ1) is 52.6. The molecule has 0 amide bonds. The molecule has 0 saturated heterocycles. The fraction of sp³-hybridized carbons (Fsp3) is 0.875. The van der Waals surface area contributed by atoms with Crippen molar-refractivity contribution in [2.24, 2.45) is 11.8 Å². The van der Waals surface area contributed by atoms with Gasteiger partial charge in [-0.25, -0.2) is 14.3 Å². The van der Waals surface area contributed by atoms with Gasteiger partial charge in [0.05, 0.1) is 12.5 Å². The fourth-order valence-electron chi connectivity index (χ4n) is 8.03. The van der Waals surface area contributed by atoms with E-state index >= 15 is 0 Å². The molecule has 1 unspecified atom stereocenters. The summed E-state index contributed by atoms with van der Waals surface area (Å²) < 4.78 is 12.3. The number of nitrogens with zero attached hydrogens (tertiary/aromatic N) is 3. The third-order valence-corrected chi connectivity index (χ3v) is 11.7. The molecule has 0 saturated carbocycles. The van der Waals surface area contributed by atoms with E-state index in [0.29, 0.717) is 32.1 Å². The molecule has 57 heavy (non-hydrogen) atoms. The van der Waals surface area contributed by atoms with E-state index in [2.05, 4.69) is 30.7 Å². The number of carbonyl (C=O) groups excluding carboxylic acids is 2. The van der Waals surface area contributed by atoms with Gasteiger partial charge in [0, 0.05) is 25.4 Å². The number of esters is 1. The van der Waals surface area contributed by atoms with Gasteiger partial charge in [-0.3, -0.25) is 14.5 Å². The minimum absolute atomic E-state index is 0.0583. The number of rotatable bonds is 42. The van der Waals surface area contributed by atoms with Gasteiger partial charge in [-0.05, 0) is 64.0 Å². The van der Waals surface area contributed by atoms with Crippen LogP contribution in [-0.4, -0.2) is 70.4 Å². The Morgan fingerprint density at radius 2 is 1.04 bits per heavy atom. The number of unbranched alkanes of at least 4 members (excludes halogenated alkanes) is 23. The predicted molar refractivity (Wildman–Crippen MR) is 236 cm³/mol. The van der Waals surface area contributed by atoms with Crippen molar-refractivity contribution >= 4 is 18.0 Å². The number of aromatic nitrogens is 2.